The monoisotopic (exact) mass is 268 g/mol. The molecule has 1 aromatic heterocycles. The summed E-state index contributed by atoms with van der Waals surface area (Å²) in [4.78, 5) is 15.4. The zero-order chi connectivity index (χ0) is 14.4. The molecule has 100 valence electrons. The van der Waals surface area contributed by atoms with E-state index in [0.717, 1.165) is 0 Å². The smallest absolute Gasteiger partial charge is 0.338 e. The van der Waals surface area contributed by atoms with Gasteiger partial charge in [0, 0.05) is 6.20 Å². The van der Waals surface area contributed by atoms with Gasteiger partial charge in [-0.2, -0.15) is 5.26 Å². The second-order valence-electron chi connectivity index (χ2n) is 3.81. The minimum atomic E-state index is -0.377. The lowest BCUT2D eigenvalue weighted by molar-refractivity contribution is 0.0526. The number of esters is 1. The van der Waals surface area contributed by atoms with Gasteiger partial charge in [0.25, 0.3) is 0 Å². The normalized spacial score (nSPS) is 9.60. The molecular weight excluding hydrogens is 256 g/mol. The van der Waals surface area contributed by atoms with Gasteiger partial charge in [0.05, 0.1) is 12.2 Å². The summed E-state index contributed by atoms with van der Waals surface area (Å²) in [6.45, 7) is 2.08. The molecular formula is C15H12N2O3. The van der Waals surface area contributed by atoms with Crippen LogP contribution in [0.1, 0.15) is 23.0 Å². The van der Waals surface area contributed by atoms with E-state index in [0.29, 0.717) is 23.7 Å². The van der Waals surface area contributed by atoms with Gasteiger partial charge in [0.1, 0.15) is 11.8 Å². The molecule has 0 saturated heterocycles. The van der Waals surface area contributed by atoms with E-state index in [1.54, 1.807) is 43.3 Å². The third kappa shape index (κ3) is 3.12. The number of carbonyl (C=O) groups is 1. The number of nitrogens with zero attached hydrogens (tertiary/aromatic N) is 2. The quantitative estimate of drug-likeness (QED) is 0.797. The number of ether oxygens (including phenoxy) is 2. The van der Waals surface area contributed by atoms with Crippen LogP contribution < -0.4 is 4.74 Å². The topological polar surface area (TPSA) is 72.2 Å². The first-order valence-corrected chi connectivity index (χ1v) is 6.04. The number of nitriles is 1. The van der Waals surface area contributed by atoms with E-state index in [-0.39, 0.29) is 11.7 Å². The molecule has 0 aliphatic rings. The highest BCUT2D eigenvalue weighted by molar-refractivity contribution is 5.89. The van der Waals surface area contributed by atoms with Gasteiger partial charge in [-0.3, -0.25) is 0 Å². The Morgan fingerprint density at radius 1 is 1.30 bits per heavy atom. The summed E-state index contributed by atoms with van der Waals surface area (Å²) in [5.41, 5.74) is 0.660. The van der Waals surface area contributed by atoms with E-state index in [1.807, 2.05) is 6.07 Å². The molecule has 0 unspecified atom stereocenters. The fourth-order valence-electron chi connectivity index (χ4n) is 1.56. The molecule has 20 heavy (non-hydrogen) atoms. The molecule has 0 aliphatic carbocycles. The van der Waals surface area contributed by atoms with Crippen molar-refractivity contribution in [2.24, 2.45) is 0 Å². The number of benzene rings is 1. The van der Waals surface area contributed by atoms with Crippen molar-refractivity contribution in [2.45, 2.75) is 6.92 Å². The fraction of sp³-hybridized carbons (Fsp3) is 0.133. The third-order valence-electron chi connectivity index (χ3n) is 2.47. The standard InChI is InChI=1S/C15H12N2O3/c1-2-19-15(18)11-5-7-12(8-6-11)20-14-4-3-9-17-13(14)10-16/h3-9H,2H2,1H3. The van der Waals surface area contributed by atoms with Crippen molar-refractivity contribution in [3.63, 3.8) is 0 Å². The average molecular weight is 268 g/mol. The van der Waals surface area contributed by atoms with Gasteiger partial charge in [-0.25, -0.2) is 9.78 Å². The Bertz CT molecular complexity index is 645. The minimum absolute atomic E-state index is 0.210. The summed E-state index contributed by atoms with van der Waals surface area (Å²) in [6.07, 6.45) is 1.52. The van der Waals surface area contributed by atoms with Crippen molar-refractivity contribution in [1.29, 1.82) is 5.26 Å². The predicted octanol–water partition coefficient (Wildman–Crippen LogP) is 2.92. The third-order valence-corrected chi connectivity index (χ3v) is 2.47. The Hall–Kier alpha value is -2.87. The van der Waals surface area contributed by atoms with Gasteiger partial charge in [0.15, 0.2) is 11.4 Å². The molecule has 0 radical (unpaired) electrons. The maximum absolute atomic E-state index is 11.5. The maximum Gasteiger partial charge on any atom is 0.338 e. The molecule has 1 heterocycles. The first kappa shape index (κ1) is 13.6. The number of rotatable bonds is 4. The highest BCUT2D eigenvalue weighted by atomic mass is 16.5. The molecule has 2 rings (SSSR count). The largest absolute Gasteiger partial charge is 0.462 e. The lowest BCUT2D eigenvalue weighted by atomic mass is 10.2. The van der Waals surface area contributed by atoms with Crippen molar-refractivity contribution < 1.29 is 14.3 Å². The summed E-state index contributed by atoms with van der Waals surface area (Å²) in [5, 5.41) is 8.92. The number of hydrogen-bond acceptors (Lipinski definition) is 5. The number of pyridine rings is 1. The highest BCUT2D eigenvalue weighted by Crippen LogP contribution is 2.23. The molecule has 5 nitrogen and oxygen atoms in total. The van der Waals surface area contributed by atoms with Gasteiger partial charge in [-0.15, -0.1) is 0 Å². The molecule has 0 amide bonds. The van der Waals surface area contributed by atoms with Crippen molar-refractivity contribution >= 4 is 5.97 Å². The van der Waals surface area contributed by atoms with Crippen molar-refractivity contribution in [1.82, 2.24) is 4.98 Å². The zero-order valence-corrected chi connectivity index (χ0v) is 10.9. The summed E-state index contributed by atoms with van der Waals surface area (Å²) < 4.78 is 10.4. The van der Waals surface area contributed by atoms with Crippen LogP contribution in [-0.2, 0) is 4.74 Å². The van der Waals surface area contributed by atoms with E-state index in [1.165, 1.54) is 6.20 Å². The van der Waals surface area contributed by atoms with Crippen LogP contribution in [0.5, 0.6) is 11.5 Å². The Labute approximate surface area is 116 Å². The molecule has 2 aromatic rings. The molecule has 0 N–H and O–H groups in total. The van der Waals surface area contributed by atoms with Crippen LogP contribution in [0.15, 0.2) is 42.6 Å². The van der Waals surface area contributed by atoms with Gasteiger partial charge in [-0.1, -0.05) is 0 Å². The van der Waals surface area contributed by atoms with Crippen LogP contribution in [0.2, 0.25) is 0 Å². The highest BCUT2D eigenvalue weighted by Gasteiger charge is 2.08. The first-order valence-electron chi connectivity index (χ1n) is 6.04. The van der Waals surface area contributed by atoms with Crippen LogP contribution in [0, 0.1) is 11.3 Å². The molecule has 0 spiro atoms. The summed E-state index contributed by atoms with van der Waals surface area (Å²) in [5.74, 6) is 0.513. The van der Waals surface area contributed by atoms with E-state index < -0.39 is 0 Å². The summed E-state index contributed by atoms with van der Waals surface area (Å²) in [6, 6.07) is 11.8. The summed E-state index contributed by atoms with van der Waals surface area (Å²) >= 11 is 0. The van der Waals surface area contributed by atoms with Gasteiger partial charge in [-0.05, 0) is 43.3 Å². The van der Waals surface area contributed by atoms with Crippen LogP contribution in [0.3, 0.4) is 0 Å². The Balaban J connectivity index is 2.15. The van der Waals surface area contributed by atoms with Gasteiger partial charge >= 0.3 is 5.97 Å². The Morgan fingerprint density at radius 2 is 2.05 bits per heavy atom. The second kappa shape index (κ2) is 6.34. The van der Waals surface area contributed by atoms with Crippen LogP contribution >= 0.6 is 0 Å². The van der Waals surface area contributed by atoms with E-state index in [2.05, 4.69) is 4.98 Å². The van der Waals surface area contributed by atoms with Crippen LogP contribution in [-0.4, -0.2) is 17.6 Å². The van der Waals surface area contributed by atoms with Crippen molar-refractivity contribution in [2.75, 3.05) is 6.61 Å². The molecule has 0 bridgehead atoms. The van der Waals surface area contributed by atoms with E-state index >= 15 is 0 Å². The van der Waals surface area contributed by atoms with E-state index in [4.69, 9.17) is 14.7 Å². The van der Waals surface area contributed by atoms with Crippen LogP contribution in [0.4, 0.5) is 0 Å². The molecule has 0 atom stereocenters. The van der Waals surface area contributed by atoms with Gasteiger partial charge in [0.2, 0.25) is 0 Å². The summed E-state index contributed by atoms with van der Waals surface area (Å²) in [7, 11) is 0. The van der Waals surface area contributed by atoms with Crippen LogP contribution in [0.25, 0.3) is 0 Å². The van der Waals surface area contributed by atoms with Crippen molar-refractivity contribution in [3.05, 3.63) is 53.9 Å². The zero-order valence-electron chi connectivity index (χ0n) is 10.9. The molecule has 1 aromatic carbocycles. The fourth-order valence-corrected chi connectivity index (χ4v) is 1.56. The molecule has 0 fully saturated rings. The minimum Gasteiger partial charge on any atom is -0.462 e. The Morgan fingerprint density at radius 3 is 2.70 bits per heavy atom. The molecule has 0 saturated carbocycles. The molecule has 5 heteroatoms. The first-order chi connectivity index (χ1) is 9.74. The number of aromatic nitrogens is 1. The van der Waals surface area contributed by atoms with E-state index in [9.17, 15) is 4.79 Å². The number of carbonyl (C=O) groups excluding carboxylic acids is 1. The van der Waals surface area contributed by atoms with Crippen molar-refractivity contribution in [3.8, 4) is 17.6 Å². The lowest BCUT2D eigenvalue weighted by Crippen LogP contribution is -2.04. The SMILES string of the molecule is CCOC(=O)c1ccc(Oc2cccnc2C#N)cc1. The average Bonchev–Trinajstić information content (AvgIpc) is 2.49. The lowest BCUT2D eigenvalue weighted by Gasteiger charge is -2.07. The predicted molar refractivity (Wildman–Crippen MR) is 71.4 cm³/mol. The second-order valence-corrected chi connectivity index (χ2v) is 3.81. The molecule has 0 aliphatic heterocycles. The number of hydrogen-bond donors (Lipinski definition) is 0. The Kier molecular flexibility index (Phi) is 4.30. The maximum atomic E-state index is 11.5. The van der Waals surface area contributed by atoms with Gasteiger partial charge < -0.3 is 9.47 Å².